The summed E-state index contributed by atoms with van der Waals surface area (Å²) >= 11 is 0. The molecule has 1 saturated heterocycles. The van der Waals surface area contributed by atoms with Gasteiger partial charge in [-0.05, 0) is 31.9 Å². The van der Waals surface area contributed by atoms with Gasteiger partial charge in [0.25, 0.3) is 0 Å². The molecule has 2 N–H and O–H groups in total. The first kappa shape index (κ1) is 21.9. The second-order valence-corrected chi connectivity index (χ2v) is 9.49. The van der Waals surface area contributed by atoms with Gasteiger partial charge in [0.1, 0.15) is 11.9 Å². The number of carbonyl (C=O) groups excluding carboxylic acids is 1. The Kier molecular flexibility index (Phi) is 7.37. The Hall–Kier alpha value is -1.84. The highest BCUT2D eigenvalue weighted by Crippen LogP contribution is 2.29. The first-order valence-electron chi connectivity index (χ1n) is 10.2. The average molecular weight is 426 g/mol. The predicted molar refractivity (Wildman–Crippen MR) is 110 cm³/mol. The van der Waals surface area contributed by atoms with Crippen LogP contribution in [0.25, 0.3) is 0 Å². The van der Waals surface area contributed by atoms with E-state index < -0.39 is 10.0 Å². The van der Waals surface area contributed by atoms with Gasteiger partial charge in [-0.3, -0.25) is 0 Å². The highest BCUT2D eigenvalue weighted by atomic mass is 32.2. The Balaban J connectivity index is 1.55. The lowest BCUT2D eigenvalue weighted by Gasteiger charge is -2.43. The molecule has 2 aliphatic rings. The number of nitrogens with one attached hydrogen (secondary N) is 2. The monoisotopic (exact) mass is 425 g/mol. The van der Waals surface area contributed by atoms with Crippen LogP contribution in [0.5, 0.6) is 5.75 Å². The van der Waals surface area contributed by atoms with E-state index in [2.05, 4.69) is 10.0 Å². The molecule has 2 atom stereocenters. The number of piperidine rings is 1. The topological polar surface area (TPSA) is 97.0 Å². The van der Waals surface area contributed by atoms with Gasteiger partial charge >= 0.3 is 6.03 Å². The summed E-state index contributed by atoms with van der Waals surface area (Å²) in [5.41, 5.74) is 0. The molecule has 0 spiro atoms. The summed E-state index contributed by atoms with van der Waals surface area (Å²) in [6.07, 6.45) is 4.32. The molecule has 0 radical (unpaired) electrons. The van der Waals surface area contributed by atoms with Crippen LogP contribution in [-0.2, 0) is 14.8 Å². The zero-order chi connectivity index (χ0) is 20.9. The summed E-state index contributed by atoms with van der Waals surface area (Å²) in [6, 6.07) is 8.83. The Morgan fingerprint density at radius 2 is 1.93 bits per heavy atom. The van der Waals surface area contributed by atoms with Gasteiger partial charge in [-0.2, -0.15) is 0 Å². The zero-order valence-electron chi connectivity index (χ0n) is 17.0. The molecule has 1 aliphatic carbocycles. The average Bonchev–Trinajstić information content (AvgIpc) is 2.64. The van der Waals surface area contributed by atoms with E-state index in [0.29, 0.717) is 26.1 Å². The van der Waals surface area contributed by atoms with Crippen molar-refractivity contribution >= 4 is 16.1 Å². The molecule has 0 aromatic heterocycles. The summed E-state index contributed by atoms with van der Waals surface area (Å²) in [6.45, 7) is 3.27. The highest BCUT2D eigenvalue weighted by molar-refractivity contribution is 7.88. The lowest BCUT2D eigenvalue weighted by molar-refractivity contribution is -0.0792. The van der Waals surface area contributed by atoms with Gasteiger partial charge < -0.3 is 19.7 Å². The molecule has 1 heterocycles. The van der Waals surface area contributed by atoms with Gasteiger partial charge in [-0.15, -0.1) is 0 Å². The molecular weight excluding hydrogens is 394 g/mol. The molecule has 1 aliphatic heterocycles. The Labute approximate surface area is 173 Å². The maximum absolute atomic E-state index is 12.5. The highest BCUT2D eigenvalue weighted by Gasteiger charge is 2.38. The van der Waals surface area contributed by atoms with E-state index in [0.717, 1.165) is 31.3 Å². The maximum atomic E-state index is 12.5. The number of benzene rings is 1. The molecule has 3 rings (SSSR count). The van der Waals surface area contributed by atoms with Crippen molar-refractivity contribution in [2.75, 3.05) is 26.0 Å². The van der Waals surface area contributed by atoms with Crippen LogP contribution in [0.3, 0.4) is 0 Å². The molecule has 1 aromatic carbocycles. The van der Waals surface area contributed by atoms with Crippen LogP contribution >= 0.6 is 0 Å². The van der Waals surface area contributed by atoms with Crippen LogP contribution in [0.4, 0.5) is 4.79 Å². The van der Waals surface area contributed by atoms with Gasteiger partial charge in [0.15, 0.2) is 0 Å². The van der Waals surface area contributed by atoms with E-state index in [-0.39, 0.29) is 30.3 Å². The van der Waals surface area contributed by atoms with Gasteiger partial charge in [-0.25, -0.2) is 17.9 Å². The number of ether oxygens (including phenoxy) is 2. The lowest BCUT2D eigenvalue weighted by Crippen LogP contribution is -2.61. The summed E-state index contributed by atoms with van der Waals surface area (Å²) in [5.74, 6) is 0.850. The van der Waals surface area contributed by atoms with E-state index in [1.807, 2.05) is 37.3 Å². The molecule has 2 fully saturated rings. The summed E-state index contributed by atoms with van der Waals surface area (Å²) in [4.78, 5) is 14.2. The van der Waals surface area contributed by atoms with Crippen LogP contribution in [-0.4, -0.2) is 69.6 Å². The quantitative estimate of drug-likeness (QED) is 0.661. The fourth-order valence-corrected chi connectivity index (χ4v) is 4.68. The molecule has 1 aromatic rings. The molecule has 162 valence electrons. The molecule has 1 saturated carbocycles. The van der Waals surface area contributed by atoms with Crippen LogP contribution in [0.1, 0.15) is 32.6 Å². The van der Waals surface area contributed by atoms with Crippen molar-refractivity contribution in [1.82, 2.24) is 14.9 Å². The standard InChI is InChI=1S/C20H31N3O5S/c1-3-21-20(24)23-11-7-10-18(22-29(2,25)26)19(23)14-27-16-12-17(13-16)28-15-8-5-4-6-9-15/h4-6,8-9,16-19,22H,3,7,10-14H2,1-2H3,(H,21,24)/t16-,17-,18-,19-/m0/s1. The van der Waals surface area contributed by atoms with Gasteiger partial charge in [0.2, 0.25) is 10.0 Å². The predicted octanol–water partition coefficient (Wildman–Crippen LogP) is 1.72. The number of sulfonamides is 1. The van der Waals surface area contributed by atoms with E-state index in [1.165, 1.54) is 0 Å². The third-order valence-electron chi connectivity index (χ3n) is 5.33. The van der Waals surface area contributed by atoms with E-state index >= 15 is 0 Å². The number of urea groups is 1. The second-order valence-electron chi connectivity index (χ2n) is 7.71. The van der Waals surface area contributed by atoms with Gasteiger partial charge in [0.05, 0.1) is 25.0 Å². The van der Waals surface area contributed by atoms with Crippen molar-refractivity contribution in [3.8, 4) is 5.75 Å². The van der Waals surface area contributed by atoms with Crippen molar-refractivity contribution in [2.45, 2.75) is 56.9 Å². The van der Waals surface area contributed by atoms with Crippen molar-refractivity contribution in [1.29, 1.82) is 0 Å². The first-order valence-corrected chi connectivity index (χ1v) is 12.1. The zero-order valence-corrected chi connectivity index (χ0v) is 17.9. The number of hydrogen-bond donors (Lipinski definition) is 2. The van der Waals surface area contributed by atoms with Crippen LogP contribution < -0.4 is 14.8 Å². The third-order valence-corrected chi connectivity index (χ3v) is 6.06. The summed E-state index contributed by atoms with van der Waals surface area (Å²) < 4.78 is 38.2. The third kappa shape index (κ3) is 6.32. The second kappa shape index (κ2) is 9.77. The summed E-state index contributed by atoms with van der Waals surface area (Å²) in [7, 11) is -3.38. The van der Waals surface area contributed by atoms with Crippen LogP contribution in [0.2, 0.25) is 0 Å². The minimum Gasteiger partial charge on any atom is -0.490 e. The number of hydrogen-bond acceptors (Lipinski definition) is 5. The fraction of sp³-hybridized carbons (Fsp3) is 0.650. The Bertz CT molecular complexity index is 768. The largest absolute Gasteiger partial charge is 0.490 e. The molecule has 9 heteroatoms. The number of carbonyl (C=O) groups is 1. The number of rotatable bonds is 8. The SMILES string of the molecule is CCNC(=O)N1CCC[C@H](NS(C)(=O)=O)[C@@H]1CO[C@H]1C[C@H](Oc2ccccc2)C1. The van der Waals surface area contributed by atoms with E-state index in [9.17, 15) is 13.2 Å². The van der Waals surface area contributed by atoms with Crippen LogP contribution in [0.15, 0.2) is 30.3 Å². The van der Waals surface area contributed by atoms with E-state index in [1.54, 1.807) is 4.90 Å². The molecule has 8 nitrogen and oxygen atoms in total. The molecule has 29 heavy (non-hydrogen) atoms. The van der Waals surface area contributed by atoms with E-state index in [4.69, 9.17) is 9.47 Å². The number of likely N-dealkylation sites (tertiary alicyclic amines) is 1. The van der Waals surface area contributed by atoms with Crippen molar-refractivity contribution in [3.05, 3.63) is 30.3 Å². The Morgan fingerprint density at radius 1 is 1.21 bits per heavy atom. The number of nitrogens with zero attached hydrogens (tertiary/aromatic N) is 1. The van der Waals surface area contributed by atoms with Gasteiger partial charge in [-0.1, -0.05) is 18.2 Å². The van der Waals surface area contributed by atoms with Gasteiger partial charge in [0, 0.05) is 32.0 Å². The molecule has 2 amide bonds. The smallest absolute Gasteiger partial charge is 0.317 e. The normalized spacial score (nSPS) is 27.2. The van der Waals surface area contributed by atoms with Crippen molar-refractivity contribution < 1.29 is 22.7 Å². The minimum absolute atomic E-state index is 0.0561. The fourth-order valence-electron chi connectivity index (χ4n) is 3.86. The van der Waals surface area contributed by atoms with Crippen molar-refractivity contribution in [2.24, 2.45) is 0 Å². The van der Waals surface area contributed by atoms with Crippen LogP contribution in [0, 0.1) is 0 Å². The first-order chi connectivity index (χ1) is 13.9. The summed E-state index contributed by atoms with van der Waals surface area (Å²) in [5, 5.41) is 2.81. The maximum Gasteiger partial charge on any atom is 0.317 e. The molecule has 0 unspecified atom stereocenters. The molecular formula is C20H31N3O5S. The number of para-hydroxylation sites is 1. The lowest BCUT2D eigenvalue weighted by atomic mass is 9.91. The number of amides is 2. The molecule has 0 bridgehead atoms. The Morgan fingerprint density at radius 3 is 2.59 bits per heavy atom. The van der Waals surface area contributed by atoms with Crippen molar-refractivity contribution in [3.63, 3.8) is 0 Å². The minimum atomic E-state index is -3.38.